The minimum atomic E-state index is -0.0974. The summed E-state index contributed by atoms with van der Waals surface area (Å²) in [6, 6.07) is 8.18. The molecule has 4 heteroatoms. The SMILES string of the molecule is Cc1sc2c(c1C)c(=O)nc1n2Cc2ccccc2-1. The highest BCUT2D eigenvalue weighted by Gasteiger charge is 2.23. The lowest BCUT2D eigenvalue weighted by atomic mass is 10.1. The van der Waals surface area contributed by atoms with E-state index in [4.69, 9.17) is 0 Å². The normalized spacial score (nSPS) is 12.7. The molecule has 0 atom stereocenters. The van der Waals surface area contributed by atoms with E-state index in [-0.39, 0.29) is 5.56 Å². The Morgan fingerprint density at radius 1 is 1.26 bits per heavy atom. The zero-order chi connectivity index (χ0) is 13.1. The van der Waals surface area contributed by atoms with E-state index in [0.717, 1.165) is 33.7 Å². The molecular weight excluding hydrogens is 256 g/mol. The average Bonchev–Trinajstić information content (AvgIpc) is 2.90. The minimum Gasteiger partial charge on any atom is -0.312 e. The topological polar surface area (TPSA) is 34.9 Å². The Labute approximate surface area is 114 Å². The molecule has 0 unspecified atom stereocenters. The predicted molar refractivity (Wildman–Crippen MR) is 77.9 cm³/mol. The largest absolute Gasteiger partial charge is 0.312 e. The lowest BCUT2D eigenvalue weighted by Gasteiger charge is -2.04. The molecule has 2 aromatic heterocycles. The van der Waals surface area contributed by atoms with Gasteiger partial charge in [-0.25, -0.2) is 0 Å². The zero-order valence-electron chi connectivity index (χ0n) is 10.7. The Morgan fingerprint density at radius 3 is 2.89 bits per heavy atom. The average molecular weight is 268 g/mol. The van der Waals surface area contributed by atoms with Crippen LogP contribution < -0.4 is 5.56 Å². The first-order valence-electron chi connectivity index (χ1n) is 6.25. The molecule has 0 amide bonds. The molecule has 0 bridgehead atoms. The quantitative estimate of drug-likeness (QED) is 0.491. The summed E-state index contributed by atoms with van der Waals surface area (Å²) in [5, 5.41) is 0.791. The minimum absolute atomic E-state index is 0.0974. The highest BCUT2D eigenvalue weighted by molar-refractivity contribution is 7.18. The second-order valence-corrected chi connectivity index (χ2v) is 6.15. The van der Waals surface area contributed by atoms with E-state index in [2.05, 4.69) is 22.5 Å². The van der Waals surface area contributed by atoms with Crippen molar-refractivity contribution in [1.29, 1.82) is 0 Å². The van der Waals surface area contributed by atoms with Crippen molar-refractivity contribution in [3.05, 3.63) is 50.6 Å². The number of hydrogen-bond acceptors (Lipinski definition) is 3. The predicted octanol–water partition coefficient (Wildman–Crippen LogP) is 3.10. The van der Waals surface area contributed by atoms with Crippen LogP contribution in [0.4, 0.5) is 0 Å². The van der Waals surface area contributed by atoms with Crippen LogP contribution in [0.15, 0.2) is 29.1 Å². The van der Waals surface area contributed by atoms with Gasteiger partial charge in [0.25, 0.3) is 5.56 Å². The first-order valence-corrected chi connectivity index (χ1v) is 7.07. The van der Waals surface area contributed by atoms with Crippen LogP contribution in [0.3, 0.4) is 0 Å². The van der Waals surface area contributed by atoms with Crippen molar-refractivity contribution in [3.8, 4) is 11.4 Å². The number of rotatable bonds is 0. The molecule has 0 saturated heterocycles. The standard InChI is InChI=1S/C15H12N2OS/c1-8-9(2)19-15-12(8)14(18)16-13-11-6-4-3-5-10(11)7-17(13)15/h3-6H,7H2,1-2H3. The lowest BCUT2D eigenvalue weighted by Crippen LogP contribution is -2.12. The number of hydrogen-bond donors (Lipinski definition) is 0. The van der Waals surface area contributed by atoms with E-state index < -0.39 is 0 Å². The number of benzene rings is 1. The Kier molecular flexibility index (Phi) is 2.04. The summed E-state index contributed by atoms with van der Waals surface area (Å²) < 4.78 is 2.17. The molecule has 0 spiro atoms. The molecule has 0 radical (unpaired) electrons. The zero-order valence-corrected chi connectivity index (χ0v) is 11.5. The van der Waals surface area contributed by atoms with Gasteiger partial charge in [-0.2, -0.15) is 4.98 Å². The third-order valence-corrected chi connectivity index (χ3v) is 5.11. The van der Waals surface area contributed by atoms with Crippen molar-refractivity contribution >= 4 is 21.6 Å². The van der Waals surface area contributed by atoms with Gasteiger partial charge in [0.2, 0.25) is 0 Å². The maximum Gasteiger partial charge on any atom is 0.282 e. The van der Waals surface area contributed by atoms with E-state index in [1.165, 1.54) is 10.4 Å². The second-order valence-electron chi connectivity index (χ2n) is 4.95. The molecule has 94 valence electrons. The fourth-order valence-corrected chi connectivity index (χ4v) is 3.91. The van der Waals surface area contributed by atoms with Gasteiger partial charge in [0.05, 0.1) is 11.9 Å². The molecule has 1 aliphatic heterocycles. The van der Waals surface area contributed by atoms with Gasteiger partial charge in [-0.15, -0.1) is 11.3 Å². The Bertz CT molecular complexity index is 889. The highest BCUT2D eigenvalue weighted by atomic mass is 32.1. The maximum absolute atomic E-state index is 12.3. The molecule has 0 fully saturated rings. The van der Waals surface area contributed by atoms with E-state index in [1.54, 1.807) is 11.3 Å². The molecule has 1 aromatic carbocycles. The van der Waals surface area contributed by atoms with E-state index in [0.29, 0.717) is 0 Å². The van der Waals surface area contributed by atoms with Crippen molar-refractivity contribution in [2.75, 3.05) is 0 Å². The molecule has 3 nitrogen and oxygen atoms in total. The van der Waals surface area contributed by atoms with Gasteiger partial charge in [0.15, 0.2) is 0 Å². The fraction of sp³-hybridized carbons (Fsp3) is 0.200. The fourth-order valence-electron chi connectivity index (χ4n) is 2.76. The van der Waals surface area contributed by atoms with Crippen molar-refractivity contribution in [2.24, 2.45) is 0 Å². The van der Waals surface area contributed by atoms with Crippen molar-refractivity contribution in [2.45, 2.75) is 20.4 Å². The van der Waals surface area contributed by atoms with E-state index in [1.807, 2.05) is 25.1 Å². The molecule has 3 aromatic rings. The van der Waals surface area contributed by atoms with Gasteiger partial charge >= 0.3 is 0 Å². The number of aryl methyl sites for hydroxylation is 2. The van der Waals surface area contributed by atoms with Crippen LogP contribution in [-0.4, -0.2) is 9.55 Å². The Hall–Kier alpha value is -1.94. The first-order chi connectivity index (χ1) is 9.16. The van der Waals surface area contributed by atoms with Gasteiger partial charge in [0.1, 0.15) is 10.7 Å². The highest BCUT2D eigenvalue weighted by Crippen LogP contribution is 2.35. The summed E-state index contributed by atoms with van der Waals surface area (Å²) >= 11 is 1.69. The number of thiophene rings is 1. The summed E-state index contributed by atoms with van der Waals surface area (Å²) in [6.07, 6.45) is 0. The third-order valence-electron chi connectivity index (χ3n) is 3.88. The van der Waals surface area contributed by atoms with Gasteiger partial charge < -0.3 is 4.57 Å². The second kappa shape index (κ2) is 3.54. The van der Waals surface area contributed by atoms with E-state index >= 15 is 0 Å². The molecular formula is C15H12N2OS. The van der Waals surface area contributed by atoms with Crippen molar-refractivity contribution < 1.29 is 0 Å². The van der Waals surface area contributed by atoms with Crippen LogP contribution in [0.5, 0.6) is 0 Å². The summed E-state index contributed by atoms with van der Waals surface area (Å²) in [4.78, 5) is 18.8. The van der Waals surface area contributed by atoms with Crippen LogP contribution in [0.2, 0.25) is 0 Å². The lowest BCUT2D eigenvalue weighted by molar-refractivity contribution is 0.860. The third kappa shape index (κ3) is 1.32. The maximum atomic E-state index is 12.3. The van der Waals surface area contributed by atoms with Crippen LogP contribution in [0, 0.1) is 13.8 Å². The number of aromatic nitrogens is 2. The van der Waals surface area contributed by atoms with Gasteiger partial charge in [-0.3, -0.25) is 4.79 Å². The summed E-state index contributed by atoms with van der Waals surface area (Å²) in [6.45, 7) is 4.88. The van der Waals surface area contributed by atoms with Gasteiger partial charge in [-0.1, -0.05) is 24.3 Å². The van der Waals surface area contributed by atoms with Crippen molar-refractivity contribution in [3.63, 3.8) is 0 Å². The Morgan fingerprint density at radius 2 is 2.05 bits per heavy atom. The van der Waals surface area contributed by atoms with Crippen LogP contribution in [0.25, 0.3) is 21.6 Å². The van der Waals surface area contributed by atoms with Crippen LogP contribution in [0.1, 0.15) is 16.0 Å². The monoisotopic (exact) mass is 268 g/mol. The van der Waals surface area contributed by atoms with Crippen LogP contribution >= 0.6 is 11.3 Å². The Balaban J connectivity index is 2.18. The molecule has 0 saturated carbocycles. The molecule has 0 aliphatic carbocycles. The number of nitrogens with zero attached hydrogens (tertiary/aromatic N) is 2. The summed E-state index contributed by atoms with van der Waals surface area (Å²) in [5.41, 5.74) is 3.30. The molecule has 19 heavy (non-hydrogen) atoms. The van der Waals surface area contributed by atoms with Crippen LogP contribution in [-0.2, 0) is 6.54 Å². The van der Waals surface area contributed by atoms with Crippen molar-refractivity contribution in [1.82, 2.24) is 9.55 Å². The first kappa shape index (κ1) is 10.9. The molecule has 4 rings (SSSR count). The molecule has 0 N–H and O–H groups in total. The molecule has 3 heterocycles. The van der Waals surface area contributed by atoms with Gasteiger partial charge in [0, 0.05) is 10.4 Å². The summed E-state index contributed by atoms with van der Waals surface area (Å²) in [5.74, 6) is 0.814. The summed E-state index contributed by atoms with van der Waals surface area (Å²) in [7, 11) is 0. The number of fused-ring (bicyclic) bond motifs is 5. The smallest absolute Gasteiger partial charge is 0.282 e. The van der Waals surface area contributed by atoms with Gasteiger partial charge in [-0.05, 0) is 25.0 Å². The van der Waals surface area contributed by atoms with E-state index in [9.17, 15) is 4.79 Å². The molecule has 1 aliphatic rings.